The molecule has 17 heavy (non-hydrogen) atoms. The smallest absolute Gasteiger partial charge is 0.254 e. The lowest BCUT2D eigenvalue weighted by Crippen LogP contribution is -2.38. The number of likely N-dealkylation sites (tertiary alicyclic amines) is 1. The standard InChI is InChI=1S/C14H18BrNO/c1-10-3-5-12(6-4-10)14(17)16-8-7-11(2)13(16)9-15/h3-6,11,13H,7-9H2,1-2H3. The third-order valence-electron chi connectivity index (χ3n) is 3.60. The molecule has 0 spiro atoms. The highest BCUT2D eigenvalue weighted by Gasteiger charge is 2.33. The maximum Gasteiger partial charge on any atom is 0.254 e. The van der Waals surface area contributed by atoms with E-state index in [2.05, 4.69) is 22.9 Å². The highest BCUT2D eigenvalue weighted by molar-refractivity contribution is 9.09. The van der Waals surface area contributed by atoms with E-state index in [4.69, 9.17) is 0 Å². The van der Waals surface area contributed by atoms with Crippen molar-refractivity contribution >= 4 is 21.8 Å². The van der Waals surface area contributed by atoms with Crippen molar-refractivity contribution in [2.24, 2.45) is 5.92 Å². The van der Waals surface area contributed by atoms with Crippen LogP contribution in [-0.2, 0) is 0 Å². The molecule has 1 aliphatic rings. The molecule has 2 rings (SSSR count). The van der Waals surface area contributed by atoms with Gasteiger partial charge in [0.2, 0.25) is 0 Å². The number of hydrogen-bond donors (Lipinski definition) is 0. The van der Waals surface area contributed by atoms with Crippen LogP contribution in [-0.4, -0.2) is 28.7 Å². The van der Waals surface area contributed by atoms with Gasteiger partial charge in [-0.05, 0) is 31.4 Å². The molecule has 0 bridgehead atoms. The number of amides is 1. The van der Waals surface area contributed by atoms with Gasteiger partial charge in [-0.1, -0.05) is 40.5 Å². The summed E-state index contributed by atoms with van der Waals surface area (Å²) in [4.78, 5) is 14.4. The Morgan fingerprint density at radius 2 is 2.06 bits per heavy atom. The Bertz CT molecular complexity index is 401. The highest BCUT2D eigenvalue weighted by Crippen LogP contribution is 2.26. The fourth-order valence-corrected chi connectivity index (χ4v) is 3.35. The Labute approximate surface area is 111 Å². The molecule has 0 aromatic heterocycles. The molecule has 1 aromatic carbocycles. The molecule has 2 nitrogen and oxygen atoms in total. The van der Waals surface area contributed by atoms with Gasteiger partial charge in [0, 0.05) is 23.5 Å². The Morgan fingerprint density at radius 1 is 1.41 bits per heavy atom. The van der Waals surface area contributed by atoms with Crippen molar-refractivity contribution in [1.82, 2.24) is 4.90 Å². The third kappa shape index (κ3) is 2.54. The van der Waals surface area contributed by atoms with Crippen molar-refractivity contribution in [3.05, 3.63) is 35.4 Å². The summed E-state index contributed by atoms with van der Waals surface area (Å²) in [6, 6.07) is 8.17. The largest absolute Gasteiger partial charge is 0.335 e. The second-order valence-corrected chi connectivity index (χ2v) is 5.50. The first-order valence-corrected chi connectivity index (χ1v) is 7.19. The van der Waals surface area contributed by atoms with Crippen molar-refractivity contribution in [2.75, 3.05) is 11.9 Å². The van der Waals surface area contributed by atoms with Crippen LogP contribution in [0.5, 0.6) is 0 Å². The maximum absolute atomic E-state index is 12.4. The minimum atomic E-state index is 0.166. The Hall–Kier alpha value is -0.830. The lowest BCUT2D eigenvalue weighted by atomic mass is 10.0. The van der Waals surface area contributed by atoms with Crippen molar-refractivity contribution in [3.8, 4) is 0 Å². The molecular weight excluding hydrogens is 278 g/mol. The first-order valence-electron chi connectivity index (χ1n) is 6.07. The number of carbonyl (C=O) groups is 1. The van der Waals surface area contributed by atoms with E-state index < -0.39 is 0 Å². The lowest BCUT2D eigenvalue weighted by molar-refractivity contribution is 0.0738. The van der Waals surface area contributed by atoms with Crippen LogP contribution in [0.25, 0.3) is 0 Å². The predicted molar refractivity (Wildman–Crippen MR) is 73.6 cm³/mol. The molecule has 2 unspecified atom stereocenters. The predicted octanol–water partition coefficient (Wildman–Crippen LogP) is 3.24. The van der Waals surface area contributed by atoms with Gasteiger partial charge in [0.1, 0.15) is 0 Å². The van der Waals surface area contributed by atoms with Crippen LogP contribution in [0, 0.1) is 12.8 Å². The topological polar surface area (TPSA) is 20.3 Å². The second kappa shape index (κ2) is 5.21. The quantitative estimate of drug-likeness (QED) is 0.767. The Kier molecular flexibility index (Phi) is 3.87. The fraction of sp³-hybridized carbons (Fsp3) is 0.500. The number of alkyl halides is 1. The summed E-state index contributed by atoms with van der Waals surface area (Å²) in [6.45, 7) is 5.13. The van der Waals surface area contributed by atoms with E-state index in [1.54, 1.807) is 0 Å². The van der Waals surface area contributed by atoms with E-state index in [1.165, 1.54) is 5.56 Å². The van der Waals surface area contributed by atoms with E-state index in [-0.39, 0.29) is 5.91 Å². The van der Waals surface area contributed by atoms with Gasteiger partial charge >= 0.3 is 0 Å². The molecule has 1 amide bonds. The molecule has 0 saturated carbocycles. The summed E-state index contributed by atoms with van der Waals surface area (Å²) in [5, 5.41) is 0.867. The van der Waals surface area contributed by atoms with Crippen LogP contribution in [0.3, 0.4) is 0 Å². The molecule has 92 valence electrons. The molecular formula is C14H18BrNO. The van der Waals surface area contributed by atoms with Crippen molar-refractivity contribution in [3.63, 3.8) is 0 Å². The number of carbonyl (C=O) groups excluding carboxylic acids is 1. The van der Waals surface area contributed by atoms with Crippen molar-refractivity contribution < 1.29 is 4.79 Å². The van der Waals surface area contributed by atoms with Gasteiger partial charge in [0.05, 0.1) is 0 Å². The van der Waals surface area contributed by atoms with Crippen LogP contribution >= 0.6 is 15.9 Å². The number of aryl methyl sites for hydroxylation is 1. The van der Waals surface area contributed by atoms with Crippen molar-refractivity contribution in [2.45, 2.75) is 26.3 Å². The second-order valence-electron chi connectivity index (χ2n) is 4.85. The minimum absolute atomic E-state index is 0.166. The molecule has 0 N–H and O–H groups in total. The number of nitrogens with zero attached hydrogens (tertiary/aromatic N) is 1. The summed E-state index contributed by atoms with van der Waals surface area (Å²) in [6.07, 6.45) is 1.11. The fourth-order valence-electron chi connectivity index (χ4n) is 2.36. The minimum Gasteiger partial charge on any atom is -0.335 e. The number of rotatable bonds is 2. The molecule has 1 saturated heterocycles. The van der Waals surface area contributed by atoms with E-state index in [0.717, 1.165) is 23.9 Å². The van der Waals surface area contributed by atoms with Crippen LogP contribution in [0.2, 0.25) is 0 Å². The van der Waals surface area contributed by atoms with Crippen LogP contribution in [0.1, 0.15) is 29.3 Å². The zero-order valence-corrected chi connectivity index (χ0v) is 11.9. The average molecular weight is 296 g/mol. The zero-order chi connectivity index (χ0) is 12.4. The van der Waals surface area contributed by atoms with Gasteiger partial charge < -0.3 is 4.90 Å². The first kappa shape index (κ1) is 12.6. The molecule has 1 fully saturated rings. The molecule has 2 atom stereocenters. The van der Waals surface area contributed by atoms with E-state index in [9.17, 15) is 4.79 Å². The molecule has 0 aliphatic carbocycles. The average Bonchev–Trinajstić information content (AvgIpc) is 2.70. The maximum atomic E-state index is 12.4. The van der Waals surface area contributed by atoms with Gasteiger partial charge in [-0.15, -0.1) is 0 Å². The van der Waals surface area contributed by atoms with Gasteiger partial charge in [-0.25, -0.2) is 0 Å². The summed E-state index contributed by atoms with van der Waals surface area (Å²) >= 11 is 3.52. The van der Waals surface area contributed by atoms with E-state index in [0.29, 0.717) is 12.0 Å². The summed E-state index contributed by atoms with van der Waals surface area (Å²) < 4.78 is 0. The summed E-state index contributed by atoms with van der Waals surface area (Å²) in [5.41, 5.74) is 1.99. The Morgan fingerprint density at radius 3 is 2.65 bits per heavy atom. The van der Waals surface area contributed by atoms with Crippen LogP contribution in [0.15, 0.2) is 24.3 Å². The monoisotopic (exact) mass is 295 g/mol. The number of benzene rings is 1. The first-order chi connectivity index (χ1) is 8.13. The molecule has 0 radical (unpaired) electrons. The molecule has 1 aliphatic heterocycles. The Balaban J connectivity index is 2.17. The van der Waals surface area contributed by atoms with Gasteiger partial charge in [0.15, 0.2) is 0 Å². The summed E-state index contributed by atoms with van der Waals surface area (Å²) in [7, 11) is 0. The van der Waals surface area contributed by atoms with Crippen molar-refractivity contribution in [1.29, 1.82) is 0 Å². The number of halogens is 1. The molecule has 3 heteroatoms. The van der Waals surface area contributed by atoms with Gasteiger partial charge in [-0.3, -0.25) is 4.79 Å². The van der Waals surface area contributed by atoms with E-state index in [1.807, 2.05) is 36.1 Å². The van der Waals surface area contributed by atoms with E-state index >= 15 is 0 Å². The SMILES string of the molecule is Cc1ccc(C(=O)N2CCC(C)C2CBr)cc1. The highest BCUT2D eigenvalue weighted by atomic mass is 79.9. The lowest BCUT2D eigenvalue weighted by Gasteiger charge is -2.25. The zero-order valence-electron chi connectivity index (χ0n) is 10.3. The molecule has 1 heterocycles. The normalized spacial score (nSPS) is 24.1. The van der Waals surface area contributed by atoms with Gasteiger partial charge in [-0.2, -0.15) is 0 Å². The third-order valence-corrected chi connectivity index (χ3v) is 4.26. The van der Waals surface area contributed by atoms with Gasteiger partial charge in [0.25, 0.3) is 5.91 Å². The van der Waals surface area contributed by atoms with Crippen LogP contribution in [0.4, 0.5) is 0 Å². The number of hydrogen-bond acceptors (Lipinski definition) is 1. The summed E-state index contributed by atoms with van der Waals surface area (Å²) in [5.74, 6) is 0.752. The molecule has 1 aromatic rings. The van der Waals surface area contributed by atoms with Crippen LogP contribution < -0.4 is 0 Å².